The molecule has 2 unspecified atom stereocenters. The number of hydrogen-bond donors (Lipinski definition) is 1. The van der Waals surface area contributed by atoms with Crippen molar-refractivity contribution in [2.24, 2.45) is 5.92 Å². The van der Waals surface area contributed by atoms with Gasteiger partial charge in [-0.15, -0.1) is 0 Å². The summed E-state index contributed by atoms with van der Waals surface area (Å²) >= 11 is 0. The lowest BCUT2D eigenvalue weighted by atomic mass is 10.0. The SMILES string of the molecule is Cc1ccc(C(=O)N2CC(N(CCc3ccccc3)C(=O)C(C)C)CC2C(=O)N2CCNCC2)cc1. The van der Waals surface area contributed by atoms with Crippen LogP contribution in [0.3, 0.4) is 0 Å². The van der Waals surface area contributed by atoms with Crippen LogP contribution in [0.4, 0.5) is 0 Å². The molecule has 0 spiro atoms. The molecule has 4 rings (SSSR count). The molecule has 0 radical (unpaired) electrons. The van der Waals surface area contributed by atoms with Gasteiger partial charge in [-0.05, 0) is 37.5 Å². The van der Waals surface area contributed by atoms with Crippen molar-refractivity contribution in [2.75, 3.05) is 39.3 Å². The van der Waals surface area contributed by atoms with Gasteiger partial charge < -0.3 is 20.0 Å². The van der Waals surface area contributed by atoms with Crippen molar-refractivity contribution < 1.29 is 14.4 Å². The highest BCUT2D eigenvalue weighted by atomic mass is 16.2. The first-order chi connectivity index (χ1) is 17.3. The van der Waals surface area contributed by atoms with Crippen LogP contribution in [0, 0.1) is 12.8 Å². The van der Waals surface area contributed by atoms with Crippen molar-refractivity contribution in [2.45, 2.75) is 45.7 Å². The number of nitrogens with zero attached hydrogens (tertiary/aromatic N) is 3. The zero-order chi connectivity index (χ0) is 25.7. The van der Waals surface area contributed by atoms with E-state index in [2.05, 4.69) is 17.4 Å². The molecule has 0 bridgehead atoms. The van der Waals surface area contributed by atoms with Gasteiger partial charge in [0.05, 0.1) is 6.04 Å². The standard InChI is InChI=1S/C29H38N4O3/c1-21(2)27(34)32(16-13-23-7-5-4-6-8-23)25-19-26(29(36)31-17-14-30-15-18-31)33(20-25)28(35)24-11-9-22(3)10-12-24/h4-12,21,25-26,30H,13-20H2,1-3H3. The van der Waals surface area contributed by atoms with Crippen molar-refractivity contribution in [3.63, 3.8) is 0 Å². The largest absolute Gasteiger partial charge is 0.338 e. The summed E-state index contributed by atoms with van der Waals surface area (Å²) in [5.41, 5.74) is 2.82. The second kappa shape index (κ2) is 11.7. The summed E-state index contributed by atoms with van der Waals surface area (Å²) < 4.78 is 0. The quantitative estimate of drug-likeness (QED) is 0.648. The van der Waals surface area contributed by atoms with Crippen LogP contribution in [-0.2, 0) is 16.0 Å². The smallest absolute Gasteiger partial charge is 0.254 e. The number of rotatable bonds is 7. The molecular weight excluding hydrogens is 452 g/mol. The third kappa shape index (κ3) is 5.95. The maximum Gasteiger partial charge on any atom is 0.254 e. The minimum absolute atomic E-state index is 0.0144. The highest BCUT2D eigenvalue weighted by molar-refractivity contribution is 5.98. The van der Waals surface area contributed by atoms with Gasteiger partial charge >= 0.3 is 0 Å². The molecule has 2 fully saturated rings. The zero-order valence-corrected chi connectivity index (χ0v) is 21.7. The summed E-state index contributed by atoms with van der Waals surface area (Å²) in [6.07, 6.45) is 1.20. The molecule has 0 saturated carbocycles. The Morgan fingerprint density at radius 1 is 1.00 bits per heavy atom. The van der Waals surface area contributed by atoms with Gasteiger partial charge in [0, 0.05) is 50.7 Å². The maximum absolute atomic E-state index is 13.7. The van der Waals surface area contributed by atoms with Crippen LogP contribution in [-0.4, -0.2) is 83.8 Å². The third-order valence-electron chi connectivity index (χ3n) is 7.25. The topological polar surface area (TPSA) is 73.0 Å². The minimum atomic E-state index is -0.568. The Bertz CT molecular complexity index is 1050. The van der Waals surface area contributed by atoms with Crippen LogP contribution < -0.4 is 5.32 Å². The number of hydrogen-bond acceptors (Lipinski definition) is 4. The Morgan fingerprint density at radius 3 is 2.31 bits per heavy atom. The van der Waals surface area contributed by atoms with Crippen molar-refractivity contribution in [1.29, 1.82) is 0 Å². The van der Waals surface area contributed by atoms with Crippen molar-refractivity contribution in [1.82, 2.24) is 20.0 Å². The molecule has 0 aromatic heterocycles. The summed E-state index contributed by atoms with van der Waals surface area (Å²) in [6, 6.07) is 16.8. The predicted molar refractivity (Wildman–Crippen MR) is 141 cm³/mol. The van der Waals surface area contributed by atoms with Gasteiger partial charge in [-0.2, -0.15) is 0 Å². The first-order valence-electron chi connectivity index (χ1n) is 13.1. The monoisotopic (exact) mass is 490 g/mol. The van der Waals surface area contributed by atoms with E-state index in [4.69, 9.17) is 0 Å². The molecular formula is C29H38N4O3. The van der Waals surface area contributed by atoms with Crippen molar-refractivity contribution in [3.8, 4) is 0 Å². The molecule has 2 aromatic carbocycles. The molecule has 2 atom stereocenters. The first kappa shape index (κ1) is 25.9. The number of carbonyl (C=O) groups is 3. The average Bonchev–Trinajstić information content (AvgIpc) is 3.34. The van der Waals surface area contributed by atoms with E-state index in [0.29, 0.717) is 38.2 Å². The summed E-state index contributed by atoms with van der Waals surface area (Å²) in [5.74, 6) is -0.260. The van der Waals surface area contributed by atoms with E-state index >= 15 is 0 Å². The Kier molecular flexibility index (Phi) is 8.41. The molecule has 1 N–H and O–H groups in total. The highest BCUT2D eigenvalue weighted by Gasteiger charge is 2.44. The summed E-state index contributed by atoms with van der Waals surface area (Å²) in [5, 5.41) is 3.28. The van der Waals surface area contributed by atoms with E-state index in [1.54, 1.807) is 4.90 Å². The van der Waals surface area contributed by atoms with E-state index in [1.807, 2.05) is 73.0 Å². The Balaban J connectivity index is 1.59. The summed E-state index contributed by atoms with van der Waals surface area (Å²) in [6.45, 7) is 9.50. The molecule has 2 aliphatic rings. The van der Waals surface area contributed by atoms with Gasteiger partial charge in [-0.1, -0.05) is 61.9 Å². The normalized spacial score (nSPS) is 20.0. The summed E-state index contributed by atoms with van der Waals surface area (Å²) in [7, 11) is 0. The van der Waals surface area contributed by atoms with E-state index < -0.39 is 6.04 Å². The lowest BCUT2D eigenvalue weighted by Crippen LogP contribution is -2.53. The van der Waals surface area contributed by atoms with Gasteiger partial charge in [0.2, 0.25) is 11.8 Å². The van der Waals surface area contributed by atoms with Gasteiger partial charge in [-0.3, -0.25) is 14.4 Å². The number of nitrogens with one attached hydrogen (secondary N) is 1. The highest BCUT2D eigenvalue weighted by Crippen LogP contribution is 2.28. The Morgan fingerprint density at radius 2 is 1.67 bits per heavy atom. The van der Waals surface area contributed by atoms with E-state index in [-0.39, 0.29) is 29.7 Å². The number of piperazine rings is 1. The zero-order valence-electron chi connectivity index (χ0n) is 21.7. The third-order valence-corrected chi connectivity index (χ3v) is 7.25. The molecule has 192 valence electrons. The van der Waals surface area contributed by atoms with Gasteiger partial charge in [0.1, 0.15) is 6.04 Å². The van der Waals surface area contributed by atoms with Crippen LogP contribution in [0.2, 0.25) is 0 Å². The van der Waals surface area contributed by atoms with Gasteiger partial charge in [0.15, 0.2) is 0 Å². The van der Waals surface area contributed by atoms with Crippen LogP contribution in [0.15, 0.2) is 54.6 Å². The second-order valence-corrected chi connectivity index (χ2v) is 10.2. The molecule has 2 aromatic rings. The Hall–Kier alpha value is -3.19. The molecule has 7 heteroatoms. The maximum atomic E-state index is 13.7. The van der Waals surface area contributed by atoms with Crippen LogP contribution in [0.25, 0.3) is 0 Å². The molecule has 2 saturated heterocycles. The molecule has 2 heterocycles. The molecule has 3 amide bonds. The summed E-state index contributed by atoms with van der Waals surface area (Å²) in [4.78, 5) is 46.1. The number of benzene rings is 2. The van der Waals surface area contributed by atoms with Crippen LogP contribution in [0.1, 0.15) is 41.8 Å². The number of likely N-dealkylation sites (tertiary alicyclic amines) is 1. The lowest BCUT2D eigenvalue weighted by molar-refractivity contribution is -0.138. The van der Waals surface area contributed by atoms with E-state index in [1.165, 1.54) is 0 Å². The molecule has 7 nitrogen and oxygen atoms in total. The fourth-order valence-electron chi connectivity index (χ4n) is 5.15. The molecule has 2 aliphatic heterocycles. The first-order valence-corrected chi connectivity index (χ1v) is 13.1. The lowest BCUT2D eigenvalue weighted by Gasteiger charge is -2.32. The fourth-order valence-corrected chi connectivity index (χ4v) is 5.15. The minimum Gasteiger partial charge on any atom is -0.338 e. The van der Waals surface area contributed by atoms with Crippen molar-refractivity contribution in [3.05, 3.63) is 71.3 Å². The van der Waals surface area contributed by atoms with Crippen molar-refractivity contribution >= 4 is 17.7 Å². The van der Waals surface area contributed by atoms with Crippen LogP contribution in [0.5, 0.6) is 0 Å². The van der Waals surface area contributed by atoms with Crippen LogP contribution >= 0.6 is 0 Å². The second-order valence-electron chi connectivity index (χ2n) is 10.2. The predicted octanol–water partition coefficient (Wildman–Crippen LogP) is 2.74. The fraction of sp³-hybridized carbons (Fsp3) is 0.483. The number of amides is 3. The van der Waals surface area contributed by atoms with Gasteiger partial charge in [0.25, 0.3) is 5.91 Å². The molecule has 36 heavy (non-hydrogen) atoms. The number of aryl methyl sites for hydroxylation is 1. The average molecular weight is 491 g/mol. The van der Waals surface area contributed by atoms with E-state index in [9.17, 15) is 14.4 Å². The molecule has 0 aliphatic carbocycles. The number of carbonyl (C=O) groups excluding carboxylic acids is 3. The Labute approximate surface area is 214 Å². The van der Waals surface area contributed by atoms with Gasteiger partial charge in [-0.25, -0.2) is 0 Å². The van der Waals surface area contributed by atoms with E-state index in [0.717, 1.165) is 30.6 Å².